The first-order valence-corrected chi connectivity index (χ1v) is 8.56. The number of aryl methyl sites for hydroxylation is 1. The molecule has 0 atom stereocenters. The highest BCUT2D eigenvalue weighted by molar-refractivity contribution is 5.91. The minimum Gasteiger partial charge on any atom is -0.497 e. The summed E-state index contributed by atoms with van der Waals surface area (Å²) in [5, 5.41) is 4.20. The molecule has 7 nitrogen and oxygen atoms in total. The molecule has 0 N–H and O–H groups in total. The Morgan fingerprint density at radius 1 is 1.19 bits per heavy atom. The van der Waals surface area contributed by atoms with E-state index in [1.165, 1.54) is 0 Å². The topological polar surface area (TPSA) is 69.7 Å². The first-order chi connectivity index (χ1) is 13.0. The molecule has 1 amide bonds. The summed E-state index contributed by atoms with van der Waals surface area (Å²) in [6.07, 6.45) is 1.77. The van der Waals surface area contributed by atoms with Gasteiger partial charge in [-0.2, -0.15) is 5.10 Å². The van der Waals surface area contributed by atoms with Crippen molar-refractivity contribution in [1.82, 2.24) is 14.7 Å². The first kappa shape index (κ1) is 18.6. The van der Waals surface area contributed by atoms with Gasteiger partial charge in [0.25, 0.3) is 5.91 Å². The number of carbonyl (C=O) groups excluding carboxylic acids is 1. The summed E-state index contributed by atoms with van der Waals surface area (Å²) in [5.41, 5.74) is 2.03. The predicted octanol–water partition coefficient (Wildman–Crippen LogP) is 3.18. The molecule has 0 fully saturated rings. The fourth-order valence-corrected chi connectivity index (χ4v) is 2.61. The van der Waals surface area contributed by atoms with E-state index in [0.717, 1.165) is 17.0 Å². The van der Waals surface area contributed by atoms with E-state index in [1.807, 2.05) is 38.2 Å². The van der Waals surface area contributed by atoms with Gasteiger partial charge in [0, 0.05) is 31.9 Å². The van der Waals surface area contributed by atoms with Gasteiger partial charge in [0.05, 0.1) is 13.3 Å². The SMILES string of the molecule is COc1ccc(OCc2ccc(C(=O)N(C)Cc3cnn(C)c3C)o2)cc1. The molecule has 0 saturated carbocycles. The van der Waals surface area contributed by atoms with Crippen LogP contribution in [0.2, 0.25) is 0 Å². The van der Waals surface area contributed by atoms with Crippen LogP contribution in [0.5, 0.6) is 11.5 Å². The number of aromatic nitrogens is 2. The van der Waals surface area contributed by atoms with Crippen molar-refractivity contribution in [1.29, 1.82) is 0 Å². The molecule has 0 spiro atoms. The van der Waals surface area contributed by atoms with Gasteiger partial charge in [-0.15, -0.1) is 0 Å². The Morgan fingerprint density at radius 3 is 2.52 bits per heavy atom. The van der Waals surface area contributed by atoms with Crippen molar-refractivity contribution < 1.29 is 18.7 Å². The second-order valence-corrected chi connectivity index (χ2v) is 6.27. The van der Waals surface area contributed by atoms with Crippen LogP contribution in [0.15, 0.2) is 47.0 Å². The van der Waals surface area contributed by atoms with Crippen molar-refractivity contribution in [2.45, 2.75) is 20.1 Å². The molecular formula is C20H23N3O4. The van der Waals surface area contributed by atoms with Gasteiger partial charge in [0.1, 0.15) is 23.9 Å². The third-order valence-electron chi connectivity index (χ3n) is 4.40. The minimum atomic E-state index is -0.186. The van der Waals surface area contributed by atoms with Gasteiger partial charge in [-0.1, -0.05) is 0 Å². The van der Waals surface area contributed by atoms with Crippen molar-refractivity contribution in [2.24, 2.45) is 7.05 Å². The number of furan rings is 1. The normalized spacial score (nSPS) is 10.7. The highest BCUT2D eigenvalue weighted by Gasteiger charge is 2.18. The van der Waals surface area contributed by atoms with Crippen molar-refractivity contribution in [3.63, 3.8) is 0 Å². The van der Waals surface area contributed by atoms with Crippen LogP contribution in [0.3, 0.4) is 0 Å². The molecule has 0 aliphatic rings. The molecule has 2 aromatic heterocycles. The summed E-state index contributed by atoms with van der Waals surface area (Å²) in [7, 11) is 5.23. The third kappa shape index (κ3) is 4.31. The van der Waals surface area contributed by atoms with Crippen LogP contribution in [-0.2, 0) is 20.2 Å². The average molecular weight is 369 g/mol. The standard InChI is InChI=1S/C20H23N3O4/c1-14-15(11-21-23(14)3)12-22(2)20(24)19-10-9-18(27-19)13-26-17-7-5-16(25-4)6-8-17/h5-11H,12-13H2,1-4H3. The fourth-order valence-electron chi connectivity index (χ4n) is 2.61. The van der Waals surface area contributed by atoms with E-state index in [0.29, 0.717) is 18.1 Å². The maximum absolute atomic E-state index is 12.6. The van der Waals surface area contributed by atoms with Gasteiger partial charge < -0.3 is 18.8 Å². The van der Waals surface area contributed by atoms with Gasteiger partial charge >= 0.3 is 0 Å². The second kappa shape index (κ2) is 7.99. The number of rotatable bonds is 7. The quantitative estimate of drug-likeness (QED) is 0.640. The molecule has 0 unspecified atom stereocenters. The number of hydrogen-bond donors (Lipinski definition) is 0. The molecule has 0 saturated heterocycles. The summed E-state index contributed by atoms with van der Waals surface area (Å²) < 4.78 is 18.2. The largest absolute Gasteiger partial charge is 0.497 e. The number of methoxy groups -OCH3 is 1. The first-order valence-electron chi connectivity index (χ1n) is 8.56. The van der Waals surface area contributed by atoms with Crippen LogP contribution in [0.4, 0.5) is 0 Å². The number of benzene rings is 1. The van der Waals surface area contributed by atoms with E-state index in [-0.39, 0.29) is 18.3 Å². The van der Waals surface area contributed by atoms with E-state index >= 15 is 0 Å². The Labute approximate surface area is 158 Å². The molecule has 0 bridgehead atoms. The van der Waals surface area contributed by atoms with Crippen LogP contribution >= 0.6 is 0 Å². The van der Waals surface area contributed by atoms with Crippen LogP contribution < -0.4 is 9.47 Å². The molecule has 0 radical (unpaired) electrons. The Bertz CT molecular complexity index is 912. The maximum atomic E-state index is 12.6. The van der Waals surface area contributed by atoms with Gasteiger partial charge in [-0.05, 0) is 43.3 Å². The Balaban J connectivity index is 1.58. The molecule has 0 aliphatic heterocycles. The van der Waals surface area contributed by atoms with E-state index in [9.17, 15) is 4.79 Å². The zero-order chi connectivity index (χ0) is 19.4. The highest BCUT2D eigenvalue weighted by atomic mass is 16.5. The minimum absolute atomic E-state index is 0.186. The summed E-state index contributed by atoms with van der Waals surface area (Å²) in [4.78, 5) is 14.2. The van der Waals surface area contributed by atoms with Crippen molar-refractivity contribution >= 4 is 5.91 Å². The lowest BCUT2D eigenvalue weighted by atomic mass is 10.2. The van der Waals surface area contributed by atoms with E-state index in [2.05, 4.69) is 5.10 Å². The number of nitrogens with zero attached hydrogens (tertiary/aromatic N) is 3. The van der Waals surface area contributed by atoms with Gasteiger partial charge in [0.15, 0.2) is 5.76 Å². The predicted molar refractivity (Wildman–Crippen MR) is 99.8 cm³/mol. The molecular weight excluding hydrogens is 346 g/mol. The molecule has 2 heterocycles. The van der Waals surface area contributed by atoms with Crippen LogP contribution in [0, 0.1) is 6.92 Å². The van der Waals surface area contributed by atoms with Crippen molar-refractivity contribution in [3.05, 3.63) is 65.4 Å². The molecule has 1 aromatic carbocycles. The lowest BCUT2D eigenvalue weighted by Crippen LogP contribution is -2.26. The highest BCUT2D eigenvalue weighted by Crippen LogP contribution is 2.19. The Kier molecular flexibility index (Phi) is 5.49. The Morgan fingerprint density at radius 2 is 1.89 bits per heavy atom. The van der Waals surface area contributed by atoms with Crippen LogP contribution in [0.25, 0.3) is 0 Å². The molecule has 3 rings (SSSR count). The number of hydrogen-bond acceptors (Lipinski definition) is 5. The zero-order valence-corrected chi connectivity index (χ0v) is 15.9. The van der Waals surface area contributed by atoms with E-state index < -0.39 is 0 Å². The smallest absolute Gasteiger partial charge is 0.289 e. The van der Waals surface area contributed by atoms with Crippen LogP contribution in [0.1, 0.15) is 27.6 Å². The van der Waals surface area contributed by atoms with Crippen LogP contribution in [-0.4, -0.2) is 34.7 Å². The maximum Gasteiger partial charge on any atom is 0.289 e. The zero-order valence-electron chi connectivity index (χ0n) is 15.9. The summed E-state index contributed by atoms with van der Waals surface area (Å²) in [5.74, 6) is 2.14. The molecule has 27 heavy (non-hydrogen) atoms. The summed E-state index contributed by atoms with van der Waals surface area (Å²) in [6.45, 7) is 2.68. The average Bonchev–Trinajstić information content (AvgIpc) is 3.28. The molecule has 0 aliphatic carbocycles. The van der Waals surface area contributed by atoms with Crippen molar-refractivity contribution in [3.8, 4) is 11.5 Å². The van der Waals surface area contributed by atoms with E-state index in [1.54, 1.807) is 42.1 Å². The summed E-state index contributed by atoms with van der Waals surface area (Å²) in [6, 6.07) is 10.7. The second-order valence-electron chi connectivity index (χ2n) is 6.27. The lowest BCUT2D eigenvalue weighted by Gasteiger charge is -2.15. The lowest BCUT2D eigenvalue weighted by molar-refractivity contribution is 0.0749. The van der Waals surface area contributed by atoms with Crippen molar-refractivity contribution in [2.75, 3.05) is 14.2 Å². The molecule has 3 aromatic rings. The number of amides is 1. The molecule has 142 valence electrons. The molecule has 7 heteroatoms. The Hall–Kier alpha value is -3.22. The van der Waals surface area contributed by atoms with Gasteiger partial charge in [-0.3, -0.25) is 9.48 Å². The fraction of sp³-hybridized carbons (Fsp3) is 0.300. The van der Waals surface area contributed by atoms with E-state index in [4.69, 9.17) is 13.9 Å². The number of carbonyl (C=O) groups is 1. The monoisotopic (exact) mass is 369 g/mol. The third-order valence-corrected chi connectivity index (χ3v) is 4.40. The van der Waals surface area contributed by atoms with Gasteiger partial charge in [0.2, 0.25) is 0 Å². The van der Waals surface area contributed by atoms with Gasteiger partial charge in [-0.25, -0.2) is 0 Å². The number of ether oxygens (including phenoxy) is 2. The summed E-state index contributed by atoms with van der Waals surface area (Å²) >= 11 is 0.